The van der Waals surface area contributed by atoms with Crippen molar-refractivity contribution >= 4 is 28.9 Å². The van der Waals surface area contributed by atoms with Gasteiger partial charge in [-0.3, -0.25) is 9.59 Å². The number of amides is 2. The number of carbonyl (C=O) groups excluding carboxylic acids is 2. The van der Waals surface area contributed by atoms with E-state index in [1.54, 1.807) is 24.3 Å². The Morgan fingerprint density at radius 1 is 0.826 bits per heavy atom. The fourth-order valence-electron chi connectivity index (χ4n) is 2.04. The first-order chi connectivity index (χ1) is 11.0. The van der Waals surface area contributed by atoms with E-state index in [9.17, 15) is 9.59 Å². The van der Waals surface area contributed by atoms with Crippen LogP contribution >= 0.6 is 0 Å². The summed E-state index contributed by atoms with van der Waals surface area (Å²) in [6, 6.07) is 14.7. The second kappa shape index (κ2) is 7.45. The lowest BCUT2D eigenvalue weighted by Gasteiger charge is -2.13. The first-order valence-corrected chi connectivity index (χ1v) is 7.48. The lowest BCUT2D eigenvalue weighted by atomic mass is 10.1. The van der Waals surface area contributed by atoms with E-state index in [2.05, 4.69) is 17.6 Å². The molecule has 120 valence electrons. The van der Waals surface area contributed by atoms with Gasteiger partial charge in [0.15, 0.2) is 0 Å². The highest BCUT2D eigenvalue weighted by Gasteiger charge is 2.14. The molecular formula is C18H21N3O2. The summed E-state index contributed by atoms with van der Waals surface area (Å²) in [7, 11) is 3.87. The normalized spacial score (nSPS) is 10.0. The lowest BCUT2D eigenvalue weighted by molar-refractivity contribution is -0.132. The van der Waals surface area contributed by atoms with Gasteiger partial charge in [-0.1, -0.05) is 19.1 Å². The molecule has 2 rings (SSSR count). The minimum absolute atomic E-state index is 0.581. The fourth-order valence-corrected chi connectivity index (χ4v) is 2.04. The molecule has 0 saturated carbocycles. The molecule has 0 radical (unpaired) electrons. The second-order valence-electron chi connectivity index (χ2n) is 5.40. The molecule has 5 heteroatoms. The van der Waals surface area contributed by atoms with Gasteiger partial charge in [-0.15, -0.1) is 0 Å². The summed E-state index contributed by atoms with van der Waals surface area (Å²) < 4.78 is 0. The molecular weight excluding hydrogens is 290 g/mol. The molecule has 0 aliphatic carbocycles. The van der Waals surface area contributed by atoms with Crippen LogP contribution < -0.4 is 15.5 Å². The van der Waals surface area contributed by atoms with E-state index in [1.807, 2.05) is 43.3 Å². The number of nitrogens with zero attached hydrogens (tertiary/aromatic N) is 1. The van der Waals surface area contributed by atoms with Gasteiger partial charge < -0.3 is 15.5 Å². The van der Waals surface area contributed by atoms with Crippen LogP contribution in [0, 0.1) is 0 Å². The van der Waals surface area contributed by atoms with E-state index in [-0.39, 0.29) is 0 Å². The number of carbonyl (C=O) groups is 2. The third-order valence-corrected chi connectivity index (χ3v) is 3.47. The van der Waals surface area contributed by atoms with E-state index in [4.69, 9.17) is 0 Å². The number of aryl methyl sites for hydroxylation is 1. The van der Waals surface area contributed by atoms with Crippen molar-refractivity contribution in [2.24, 2.45) is 0 Å². The Bertz CT molecular complexity index is 676. The van der Waals surface area contributed by atoms with E-state index in [0.29, 0.717) is 11.4 Å². The molecule has 0 unspecified atom stereocenters. The van der Waals surface area contributed by atoms with Crippen molar-refractivity contribution in [3.8, 4) is 0 Å². The van der Waals surface area contributed by atoms with Gasteiger partial charge in [0.1, 0.15) is 0 Å². The number of hydrogen-bond donors (Lipinski definition) is 2. The average molecular weight is 311 g/mol. The van der Waals surface area contributed by atoms with Crippen LogP contribution in [0.2, 0.25) is 0 Å². The molecule has 0 aliphatic heterocycles. The summed E-state index contributed by atoms with van der Waals surface area (Å²) in [5, 5.41) is 5.16. The molecule has 2 aromatic rings. The van der Waals surface area contributed by atoms with Crippen LogP contribution in [0.1, 0.15) is 12.5 Å². The van der Waals surface area contributed by atoms with Gasteiger partial charge in [0.25, 0.3) is 0 Å². The highest BCUT2D eigenvalue weighted by Crippen LogP contribution is 2.16. The van der Waals surface area contributed by atoms with Crippen molar-refractivity contribution in [3.63, 3.8) is 0 Å². The van der Waals surface area contributed by atoms with Crippen molar-refractivity contribution in [2.45, 2.75) is 13.3 Å². The van der Waals surface area contributed by atoms with Crippen LogP contribution in [-0.4, -0.2) is 25.9 Å². The SMILES string of the molecule is CCc1ccc(NC(=O)C(=O)Nc2ccc(N(C)C)cc2)cc1. The summed E-state index contributed by atoms with van der Waals surface area (Å²) >= 11 is 0. The van der Waals surface area contributed by atoms with Gasteiger partial charge in [-0.2, -0.15) is 0 Å². The monoisotopic (exact) mass is 311 g/mol. The third kappa shape index (κ3) is 4.57. The second-order valence-corrected chi connectivity index (χ2v) is 5.40. The summed E-state index contributed by atoms with van der Waals surface area (Å²) in [5.74, 6) is -1.38. The Balaban J connectivity index is 1.95. The van der Waals surface area contributed by atoms with Crippen LogP contribution in [0.3, 0.4) is 0 Å². The first-order valence-electron chi connectivity index (χ1n) is 7.48. The predicted molar refractivity (Wildman–Crippen MR) is 93.8 cm³/mol. The quantitative estimate of drug-likeness (QED) is 0.854. The van der Waals surface area contributed by atoms with Crippen LogP contribution in [-0.2, 0) is 16.0 Å². The number of benzene rings is 2. The molecule has 2 amide bonds. The minimum Gasteiger partial charge on any atom is -0.378 e. The Labute approximate surface area is 136 Å². The highest BCUT2D eigenvalue weighted by molar-refractivity contribution is 6.43. The molecule has 2 aromatic carbocycles. The first kappa shape index (κ1) is 16.5. The molecule has 0 aromatic heterocycles. The molecule has 0 atom stereocenters. The maximum Gasteiger partial charge on any atom is 0.314 e. The van der Waals surface area contributed by atoms with Crippen molar-refractivity contribution < 1.29 is 9.59 Å². The van der Waals surface area contributed by atoms with Gasteiger partial charge in [-0.25, -0.2) is 0 Å². The van der Waals surface area contributed by atoms with E-state index in [0.717, 1.165) is 12.1 Å². The summed E-state index contributed by atoms with van der Waals surface area (Å²) in [6.45, 7) is 2.06. The van der Waals surface area contributed by atoms with Gasteiger partial charge in [0.2, 0.25) is 0 Å². The maximum absolute atomic E-state index is 11.9. The zero-order valence-electron chi connectivity index (χ0n) is 13.6. The highest BCUT2D eigenvalue weighted by atomic mass is 16.2. The van der Waals surface area contributed by atoms with E-state index < -0.39 is 11.8 Å². The molecule has 5 nitrogen and oxygen atoms in total. The number of hydrogen-bond acceptors (Lipinski definition) is 3. The van der Waals surface area contributed by atoms with E-state index in [1.165, 1.54) is 5.56 Å². The molecule has 0 bridgehead atoms. The van der Waals surface area contributed by atoms with Gasteiger partial charge in [0.05, 0.1) is 0 Å². The molecule has 0 saturated heterocycles. The maximum atomic E-state index is 11.9. The molecule has 2 N–H and O–H groups in total. The van der Waals surface area contributed by atoms with Crippen LogP contribution in [0.4, 0.5) is 17.1 Å². The summed E-state index contributed by atoms with van der Waals surface area (Å²) in [5.41, 5.74) is 3.37. The standard InChI is InChI=1S/C18H21N3O2/c1-4-13-5-7-14(8-6-13)19-17(22)18(23)20-15-9-11-16(12-10-15)21(2)3/h5-12H,4H2,1-3H3,(H,19,22)(H,20,23). The molecule has 0 fully saturated rings. The van der Waals surface area contributed by atoms with Gasteiger partial charge in [0, 0.05) is 31.2 Å². The van der Waals surface area contributed by atoms with Crippen LogP contribution in [0.25, 0.3) is 0 Å². The predicted octanol–water partition coefficient (Wildman–Crippen LogP) is 2.89. The average Bonchev–Trinajstić information content (AvgIpc) is 2.56. The Morgan fingerprint density at radius 2 is 1.26 bits per heavy atom. The number of rotatable bonds is 4. The Morgan fingerprint density at radius 3 is 1.65 bits per heavy atom. The molecule has 0 aliphatic rings. The minimum atomic E-state index is -0.692. The third-order valence-electron chi connectivity index (χ3n) is 3.47. The van der Waals surface area contributed by atoms with Crippen molar-refractivity contribution in [3.05, 3.63) is 54.1 Å². The number of anilines is 3. The van der Waals surface area contributed by atoms with Crippen molar-refractivity contribution in [2.75, 3.05) is 29.6 Å². The Kier molecular flexibility index (Phi) is 5.36. The van der Waals surface area contributed by atoms with E-state index >= 15 is 0 Å². The van der Waals surface area contributed by atoms with Crippen LogP contribution in [0.15, 0.2) is 48.5 Å². The molecule has 0 heterocycles. The zero-order valence-corrected chi connectivity index (χ0v) is 13.6. The van der Waals surface area contributed by atoms with Gasteiger partial charge in [-0.05, 0) is 48.4 Å². The lowest BCUT2D eigenvalue weighted by Crippen LogP contribution is -2.29. The molecule has 0 spiro atoms. The van der Waals surface area contributed by atoms with Gasteiger partial charge >= 0.3 is 11.8 Å². The van der Waals surface area contributed by atoms with Crippen molar-refractivity contribution in [1.29, 1.82) is 0 Å². The van der Waals surface area contributed by atoms with Crippen LogP contribution in [0.5, 0.6) is 0 Å². The topological polar surface area (TPSA) is 61.4 Å². The largest absolute Gasteiger partial charge is 0.378 e. The Hall–Kier alpha value is -2.82. The zero-order chi connectivity index (χ0) is 16.8. The number of nitrogens with one attached hydrogen (secondary N) is 2. The fraction of sp³-hybridized carbons (Fsp3) is 0.222. The summed E-state index contributed by atoms with van der Waals surface area (Å²) in [6.07, 6.45) is 0.928. The summed E-state index contributed by atoms with van der Waals surface area (Å²) in [4.78, 5) is 25.8. The smallest absolute Gasteiger partial charge is 0.314 e. The molecule has 23 heavy (non-hydrogen) atoms. The van der Waals surface area contributed by atoms with Crippen molar-refractivity contribution in [1.82, 2.24) is 0 Å².